The zero-order chi connectivity index (χ0) is 16.0. The molecule has 4 heteroatoms. The first kappa shape index (κ1) is 15.2. The lowest BCUT2D eigenvalue weighted by molar-refractivity contribution is -0.0799. The summed E-state index contributed by atoms with van der Waals surface area (Å²) in [6.07, 6.45) is 6.13. The minimum Gasteiger partial charge on any atom is -0.393 e. The van der Waals surface area contributed by atoms with Gasteiger partial charge in [0.1, 0.15) is 5.82 Å². The van der Waals surface area contributed by atoms with Gasteiger partial charge in [0.05, 0.1) is 6.10 Å². The van der Waals surface area contributed by atoms with Crippen molar-refractivity contribution in [2.75, 3.05) is 13.1 Å². The van der Waals surface area contributed by atoms with E-state index in [1.165, 1.54) is 24.5 Å². The number of aliphatic hydroxyl groups is 1. The van der Waals surface area contributed by atoms with Crippen LogP contribution in [0.4, 0.5) is 4.39 Å². The maximum Gasteiger partial charge on any atom is 0.123 e. The minimum absolute atomic E-state index is 0.110. The number of halogens is 1. The molecule has 124 valence electrons. The number of piperidine rings is 2. The molecule has 2 aromatic rings. The number of H-pyrrole nitrogens is 1. The predicted molar refractivity (Wildman–Crippen MR) is 89.8 cm³/mol. The van der Waals surface area contributed by atoms with Crippen LogP contribution in [0.3, 0.4) is 0 Å². The molecule has 1 aliphatic carbocycles. The van der Waals surface area contributed by atoms with Crippen LogP contribution in [0.1, 0.15) is 31.7 Å². The van der Waals surface area contributed by atoms with Gasteiger partial charge < -0.3 is 10.1 Å². The van der Waals surface area contributed by atoms with E-state index in [0.29, 0.717) is 12.0 Å². The number of nitrogens with zero attached hydrogens (tertiary/aromatic N) is 1. The monoisotopic (exact) mass is 316 g/mol. The maximum atomic E-state index is 13.5. The molecule has 2 aliphatic heterocycles. The molecule has 0 spiro atoms. The van der Waals surface area contributed by atoms with Gasteiger partial charge in [-0.2, -0.15) is 0 Å². The zero-order valence-electron chi connectivity index (χ0n) is 13.6. The molecule has 1 saturated carbocycles. The van der Waals surface area contributed by atoms with E-state index in [0.717, 1.165) is 42.8 Å². The average Bonchev–Trinajstić information content (AvgIpc) is 2.95. The Labute approximate surface area is 136 Å². The van der Waals surface area contributed by atoms with Gasteiger partial charge in [0.2, 0.25) is 0 Å². The van der Waals surface area contributed by atoms with Gasteiger partial charge >= 0.3 is 0 Å². The fraction of sp³-hybridized carbons (Fsp3) is 0.579. The Bertz CT molecular complexity index is 698. The zero-order valence-corrected chi connectivity index (χ0v) is 13.6. The van der Waals surface area contributed by atoms with Crippen LogP contribution in [0.15, 0.2) is 24.4 Å². The summed E-state index contributed by atoms with van der Waals surface area (Å²) < 4.78 is 13.5. The number of aromatic amines is 1. The van der Waals surface area contributed by atoms with Gasteiger partial charge in [-0.25, -0.2) is 4.39 Å². The van der Waals surface area contributed by atoms with E-state index in [4.69, 9.17) is 0 Å². The number of aromatic nitrogens is 1. The normalized spacial score (nSPS) is 31.1. The molecular formula is C19H25FN2O. The third-order valence-corrected chi connectivity index (χ3v) is 6.04. The minimum atomic E-state index is -0.176. The van der Waals surface area contributed by atoms with E-state index in [2.05, 4.69) is 16.8 Å². The molecule has 0 radical (unpaired) electrons. The van der Waals surface area contributed by atoms with Gasteiger partial charge in [0.15, 0.2) is 0 Å². The van der Waals surface area contributed by atoms with E-state index in [1.807, 2.05) is 6.20 Å². The van der Waals surface area contributed by atoms with Crippen LogP contribution >= 0.6 is 0 Å². The Balaban J connectivity index is 1.49. The molecule has 0 amide bonds. The molecule has 5 rings (SSSR count). The van der Waals surface area contributed by atoms with E-state index < -0.39 is 0 Å². The van der Waals surface area contributed by atoms with E-state index in [9.17, 15) is 9.50 Å². The summed E-state index contributed by atoms with van der Waals surface area (Å²) in [5.74, 6) is 0.979. The second kappa shape index (κ2) is 5.91. The first-order valence-electron chi connectivity index (χ1n) is 8.83. The molecule has 23 heavy (non-hydrogen) atoms. The van der Waals surface area contributed by atoms with Gasteiger partial charge in [-0.3, -0.25) is 4.90 Å². The Kier molecular flexibility index (Phi) is 3.90. The molecule has 3 fully saturated rings. The van der Waals surface area contributed by atoms with Crippen LogP contribution in [0, 0.1) is 17.7 Å². The highest BCUT2D eigenvalue weighted by Gasteiger charge is 2.44. The second-order valence-electron chi connectivity index (χ2n) is 7.28. The van der Waals surface area contributed by atoms with Gasteiger partial charge in [0, 0.05) is 36.2 Å². The number of hydrogen-bond donors (Lipinski definition) is 2. The van der Waals surface area contributed by atoms with E-state index in [-0.39, 0.29) is 11.9 Å². The lowest BCUT2D eigenvalue weighted by Crippen LogP contribution is -2.58. The fourth-order valence-corrected chi connectivity index (χ4v) is 4.73. The summed E-state index contributed by atoms with van der Waals surface area (Å²) in [6.45, 7) is 4.27. The van der Waals surface area contributed by atoms with Crippen LogP contribution in [0.5, 0.6) is 0 Å². The molecular weight excluding hydrogens is 291 g/mol. The molecule has 2 saturated heterocycles. The number of aliphatic hydroxyl groups excluding tert-OH is 1. The van der Waals surface area contributed by atoms with E-state index >= 15 is 0 Å². The van der Waals surface area contributed by atoms with Gasteiger partial charge in [0.25, 0.3) is 0 Å². The van der Waals surface area contributed by atoms with Crippen molar-refractivity contribution in [1.82, 2.24) is 9.88 Å². The molecule has 4 atom stereocenters. The highest BCUT2D eigenvalue weighted by Crippen LogP contribution is 2.40. The maximum absolute atomic E-state index is 13.5. The number of hydrogen-bond acceptors (Lipinski definition) is 2. The number of fused-ring (bicyclic) bond motifs is 4. The Morgan fingerprint density at radius 1 is 1.35 bits per heavy atom. The van der Waals surface area contributed by atoms with Crippen LogP contribution in [-0.2, 0) is 6.42 Å². The molecule has 2 bridgehead atoms. The Morgan fingerprint density at radius 2 is 2.22 bits per heavy atom. The summed E-state index contributed by atoms with van der Waals surface area (Å²) in [7, 11) is 0. The SMILES string of the molecule is CCC1CC2CN(CCc3c[nH]c4ccc(F)cc34)C1CC2O. The van der Waals surface area contributed by atoms with Crippen molar-refractivity contribution in [2.45, 2.75) is 44.8 Å². The highest BCUT2D eigenvalue weighted by molar-refractivity contribution is 5.83. The molecule has 3 nitrogen and oxygen atoms in total. The van der Waals surface area contributed by atoms with Gasteiger partial charge in [-0.1, -0.05) is 13.3 Å². The average molecular weight is 316 g/mol. The topological polar surface area (TPSA) is 39.3 Å². The molecule has 1 aromatic carbocycles. The van der Waals surface area contributed by atoms with Crippen molar-refractivity contribution in [2.24, 2.45) is 11.8 Å². The standard InChI is InChI=1S/C19H25FN2O/c1-2-12-7-14-11-22(18(12)9-19(14)23)6-5-13-10-21-17-4-3-15(20)8-16(13)17/h3-4,8,10,12,14,18-19,21,23H,2,5-7,9,11H2,1H3. The summed E-state index contributed by atoms with van der Waals surface area (Å²) in [5.41, 5.74) is 2.19. The van der Waals surface area contributed by atoms with Crippen molar-refractivity contribution >= 4 is 10.9 Å². The van der Waals surface area contributed by atoms with Crippen LogP contribution in [0.25, 0.3) is 10.9 Å². The first-order chi connectivity index (χ1) is 11.2. The van der Waals surface area contributed by atoms with Crippen molar-refractivity contribution in [3.05, 3.63) is 35.8 Å². The number of benzene rings is 1. The van der Waals surface area contributed by atoms with Crippen molar-refractivity contribution in [3.63, 3.8) is 0 Å². The lowest BCUT2D eigenvalue weighted by atomic mass is 9.70. The summed E-state index contributed by atoms with van der Waals surface area (Å²) in [5, 5.41) is 11.2. The quantitative estimate of drug-likeness (QED) is 0.908. The van der Waals surface area contributed by atoms with Gasteiger partial charge in [-0.05, 0) is 54.9 Å². The molecule has 1 aromatic heterocycles. The molecule has 4 unspecified atom stereocenters. The third-order valence-electron chi connectivity index (χ3n) is 6.04. The van der Waals surface area contributed by atoms with Crippen molar-refractivity contribution in [1.29, 1.82) is 0 Å². The summed E-state index contributed by atoms with van der Waals surface area (Å²) in [6, 6.07) is 5.45. The second-order valence-corrected chi connectivity index (χ2v) is 7.28. The van der Waals surface area contributed by atoms with E-state index in [1.54, 1.807) is 12.1 Å². The predicted octanol–water partition coefficient (Wildman–Crippen LogP) is 3.33. The van der Waals surface area contributed by atoms with Crippen molar-refractivity contribution in [3.8, 4) is 0 Å². The Hall–Kier alpha value is -1.39. The van der Waals surface area contributed by atoms with Crippen LogP contribution < -0.4 is 0 Å². The molecule has 2 N–H and O–H groups in total. The first-order valence-corrected chi connectivity index (χ1v) is 8.83. The number of rotatable bonds is 4. The fourth-order valence-electron chi connectivity index (χ4n) is 4.73. The van der Waals surface area contributed by atoms with Crippen LogP contribution in [0.2, 0.25) is 0 Å². The largest absolute Gasteiger partial charge is 0.393 e. The third kappa shape index (κ3) is 2.68. The highest BCUT2D eigenvalue weighted by atomic mass is 19.1. The van der Waals surface area contributed by atoms with Gasteiger partial charge in [-0.15, -0.1) is 0 Å². The van der Waals surface area contributed by atoms with Crippen LogP contribution in [-0.4, -0.2) is 40.2 Å². The molecule has 3 aliphatic rings. The lowest BCUT2D eigenvalue weighted by Gasteiger charge is -2.52. The van der Waals surface area contributed by atoms with Crippen molar-refractivity contribution < 1.29 is 9.50 Å². The number of nitrogens with one attached hydrogen (secondary N) is 1. The Morgan fingerprint density at radius 3 is 3.00 bits per heavy atom. The molecule has 3 heterocycles. The summed E-state index contributed by atoms with van der Waals surface area (Å²) >= 11 is 0. The summed E-state index contributed by atoms with van der Waals surface area (Å²) in [4.78, 5) is 5.80. The smallest absolute Gasteiger partial charge is 0.123 e.